The van der Waals surface area contributed by atoms with Crippen LogP contribution in [0.25, 0.3) is 0 Å². The van der Waals surface area contributed by atoms with Crippen LogP contribution in [0, 0.1) is 0 Å². The van der Waals surface area contributed by atoms with Gasteiger partial charge in [-0.15, -0.1) is 5.10 Å². The number of nitrogens with two attached hydrogens (primary N) is 1. The Balaban J connectivity index is 2.28. The standard InChI is InChI=1S/C12H20N4O/c1-2-6-10-11(12(13)17)14-15-16(10)9-7-4-3-5-8-9/h9H,2-8H2,1H3,(H2,13,17). The number of hydrogen-bond acceptors (Lipinski definition) is 3. The first-order valence-corrected chi connectivity index (χ1v) is 6.48. The second-order valence-electron chi connectivity index (χ2n) is 4.74. The lowest BCUT2D eigenvalue weighted by molar-refractivity contribution is 0.0994. The molecule has 94 valence electrons. The molecule has 1 aliphatic rings. The van der Waals surface area contributed by atoms with Gasteiger partial charge >= 0.3 is 0 Å². The third-order valence-electron chi connectivity index (χ3n) is 3.43. The Hall–Kier alpha value is -1.39. The minimum absolute atomic E-state index is 0.359. The number of primary amides is 1. The zero-order valence-corrected chi connectivity index (χ0v) is 10.4. The minimum atomic E-state index is -0.462. The number of amides is 1. The first kappa shape index (κ1) is 12.1. The van der Waals surface area contributed by atoms with Gasteiger partial charge in [0.15, 0.2) is 5.69 Å². The maximum atomic E-state index is 11.3. The van der Waals surface area contributed by atoms with Crippen LogP contribution in [0.2, 0.25) is 0 Å². The van der Waals surface area contributed by atoms with Gasteiger partial charge in [-0.05, 0) is 19.3 Å². The normalized spacial score (nSPS) is 17.2. The molecule has 0 radical (unpaired) electrons. The van der Waals surface area contributed by atoms with Crippen LogP contribution in [-0.2, 0) is 6.42 Å². The van der Waals surface area contributed by atoms with Crippen molar-refractivity contribution in [3.05, 3.63) is 11.4 Å². The summed E-state index contributed by atoms with van der Waals surface area (Å²) in [4.78, 5) is 11.3. The molecule has 1 heterocycles. The van der Waals surface area contributed by atoms with E-state index >= 15 is 0 Å². The lowest BCUT2D eigenvalue weighted by Gasteiger charge is -2.23. The van der Waals surface area contributed by atoms with Crippen LogP contribution >= 0.6 is 0 Å². The molecule has 0 atom stereocenters. The predicted molar refractivity (Wildman–Crippen MR) is 64.7 cm³/mol. The van der Waals surface area contributed by atoms with Crippen molar-refractivity contribution in [2.45, 2.75) is 57.9 Å². The molecule has 0 aliphatic heterocycles. The van der Waals surface area contributed by atoms with Crippen LogP contribution in [0.15, 0.2) is 0 Å². The van der Waals surface area contributed by atoms with Crippen molar-refractivity contribution < 1.29 is 4.79 Å². The van der Waals surface area contributed by atoms with Crippen molar-refractivity contribution in [3.63, 3.8) is 0 Å². The molecule has 0 saturated heterocycles. The first-order valence-electron chi connectivity index (χ1n) is 6.48. The zero-order chi connectivity index (χ0) is 12.3. The highest BCUT2D eigenvalue weighted by molar-refractivity contribution is 5.91. The summed E-state index contributed by atoms with van der Waals surface area (Å²) in [5.74, 6) is -0.462. The van der Waals surface area contributed by atoms with Crippen molar-refractivity contribution >= 4 is 5.91 Å². The fourth-order valence-corrected chi connectivity index (χ4v) is 2.59. The minimum Gasteiger partial charge on any atom is -0.364 e. The van der Waals surface area contributed by atoms with E-state index in [-0.39, 0.29) is 0 Å². The average molecular weight is 236 g/mol. The summed E-state index contributed by atoms with van der Waals surface area (Å²) in [7, 11) is 0. The largest absolute Gasteiger partial charge is 0.364 e. The van der Waals surface area contributed by atoms with Gasteiger partial charge in [0, 0.05) is 0 Å². The maximum absolute atomic E-state index is 11.3. The van der Waals surface area contributed by atoms with E-state index in [9.17, 15) is 4.79 Å². The Labute approximate surface area is 101 Å². The fraction of sp³-hybridized carbons (Fsp3) is 0.750. The Morgan fingerprint density at radius 1 is 1.41 bits per heavy atom. The maximum Gasteiger partial charge on any atom is 0.271 e. The van der Waals surface area contributed by atoms with E-state index in [1.165, 1.54) is 19.3 Å². The Bertz CT molecular complexity index is 393. The summed E-state index contributed by atoms with van der Waals surface area (Å²) in [5, 5.41) is 8.09. The topological polar surface area (TPSA) is 73.8 Å². The molecule has 1 aromatic heterocycles. The SMILES string of the molecule is CCCc1c(C(N)=O)nnn1C1CCCCC1. The number of hydrogen-bond donors (Lipinski definition) is 1. The molecule has 17 heavy (non-hydrogen) atoms. The van der Waals surface area contributed by atoms with Gasteiger partial charge in [-0.1, -0.05) is 37.8 Å². The molecule has 5 nitrogen and oxygen atoms in total. The van der Waals surface area contributed by atoms with Gasteiger partial charge in [-0.3, -0.25) is 4.79 Å². The highest BCUT2D eigenvalue weighted by Crippen LogP contribution is 2.29. The molecule has 1 fully saturated rings. The van der Waals surface area contributed by atoms with Crippen LogP contribution < -0.4 is 5.73 Å². The van der Waals surface area contributed by atoms with Crippen molar-refractivity contribution in [1.29, 1.82) is 0 Å². The molecule has 0 unspecified atom stereocenters. The fourth-order valence-electron chi connectivity index (χ4n) is 2.59. The van der Waals surface area contributed by atoms with E-state index in [1.54, 1.807) is 0 Å². The number of aromatic nitrogens is 3. The van der Waals surface area contributed by atoms with Crippen molar-refractivity contribution in [2.24, 2.45) is 5.73 Å². The molecule has 2 N–H and O–H groups in total. The number of nitrogens with zero attached hydrogens (tertiary/aromatic N) is 3. The second-order valence-corrected chi connectivity index (χ2v) is 4.74. The van der Waals surface area contributed by atoms with Crippen molar-refractivity contribution in [3.8, 4) is 0 Å². The van der Waals surface area contributed by atoms with Crippen LogP contribution in [0.4, 0.5) is 0 Å². The van der Waals surface area contributed by atoms with Gasteiger partial charge in [0.1, 0.15) is 0 Å². The third-order valence-corrected chi connectivity index (χ3v) is 3.43. The van der Waals surface area contributed by atoms with Crippen molar-refractivity contribution in [2.75, 3.05) is 0 Å². The average Bonchev–Trinajstić information content (AvgIpc) is 2.75. The van der Waals surface area contributed by atoms with Crippen molar-refractivity contribution in [1.82, 2.24) is 15.0 Å². The van der Waals surface area contributed by atoms with Crippen LogP contribution in [0.3, 0.4) is 0 Å². The molecule has 1 aliphatic carbocycles. The summed E-state index contributed by atoms with van der Waals surface area (Å²) in [6.45, 7) is 2.09. The lowest BCUT2D eigenvalue weighted by atomic mass is 9.95. The molecule has 5 heteroatoms. The Morgan fingerprint density at radius 2 is 2.12 bits per heavy atom. The molecule has 0 spiro atoms. The summed E-state index contributed by atoms with van der Waals surface area (Å²) in [6, 6.07) is 0.408. The van der Waals surface area contributed by atoms with Crippen LogP contribution in [-0.4, -0.2) is 20.9 Å². The van der Waals surface area contributed by atoms with E-state index in [2.05, 4.69) is 17.2 Å². The molecule has 2 rings (SSSR count). The van der Waals surface area contributed by atoms with Crippen LogP contribution in [0.5, 0.6) is 0 Å². The highest BCUT2D eigenvalue weighted by Gasteiger charge is 2.23. The van der Waals surface area contributed by atoms with Gasteiger partial charge in [0.2, 0.25) is 0 Å². The summed E-state index contributed by atoms with van der Waals surface area (Å²) < 4.78 is 1.95. The van der Waals surface area contributed by atoms with Gasteiger partial charge in [-0.25, -0.2) is 4.68 Å². The molecule has 1 amide bonds. The predicted octanol–water partition coefficient (Wildman–Crippen LogP) is 1.83. The molecular formula is C12H20N4O. The second kappa shape index (κ2) is 5.29. The van der Waals surface area contributed by atoms with Gasteiger partial charge in [0.05, 0.1) is 11.7 Å². The Kier molecular flexibility index (Phi) is 3.76. The lowest BCUT2D eigenvalue weighted by Crippen LogP contribution is -2.19. The molecule has 1 saturated carbocycles. The van der Waals surface area contributed by atoms with E-state index in [0.717, 1.165) is 31.4 Å². The monoisotopic (exact) mass is 236 g/mol. The van der Waals surface area contributed by atoms with E-state index in [0.29, 0.717) is 11.7 Å². The van der Waals surface area contributed by atoms with Crippen LogP contribution in [0.1, 0.15) is 67.7 Å². The van der Waals surface area contributed by atoms with Gasteiger partial charge < -0.3 is 5.73 Å². The molecule has 0 aromatic carbocycles. The summed E-state index contributed by atoms with van der Waals surface area (Å²) >= 11 is 0. The first-order chi connectivity index (χ1) is 8.24. The molecule has 0 bridgehead atoms. The highest BCUT2D eigenvalue weighted by atomic mass is 16.1. The van der Waals surface area contributed by atoms with E-state index < -0.39 is 5.91 Å². The van der Waals surface area contributed by atoms with Gasteiger partial charge in [-0.2, -0.15) is 0 Å². The van der Waals surface area contributed by atoms with Gasteiger partial charge in [0.25, 0.3) is 5.91 Å². The number of carbonyl (C=O) groups is 1. The number of carbonyl (C=O) groups excluding carboxylic acids is 1. The quantitative estimate of drug-likeness (QED) is 0.866. The smallest absolute Gasteiger partial charge is 0.271 e. The summed E-state index contributed by atoms with van der Waals surface area (Å²) in [6.07, 6.45) is 7.85. The molecular weight excluding hydrogens is 216 g/mol. The summed E-state index contributed by atoms with van der Waals surface area (Å²) in [5.41, 5.74) is 6.61. The third kappa shape index (κ3) is 2.48. The van der Waals surface area contributed by atoms with E-state index in [1.807, 2.05) is 4.68 Å². The molecule has 1 aromatic rings. The zero-order valence-electron chi connectivity index (χ0n) is 10.4. The van der Waals surface area contributed by atoms with E-state index in [4.69, 9.17) is 5.73 Å². The number of rotatable bonds is 4. The Morgan fingerprint density at radius 3 is 2.71 bits per heavy atom.